The van der Waals surface area contributed by atoms with E-state index in [-0.39, 0.29) is 5.28 Å². The minimum Gasteiger partial charge on any atom is -0.437 e. The molecule has 166 valence electrons. The van der Waals surface area contributed by atoms with Crippen LogP contribution in [0.2, 0.25) is 5.28 Å². The van der Waals surface area contributed by atoms with Crippen molar-refractivity contribution in [2.75, 3.05) is 26.0 Å². The van der Waals surface area contributed by atoms with Gasteiger partial charge in [0, 0.05) is 30.7 Å². The Kier molecular flexibility index (Phi) is 5.49. The lowest BCUT2D eigenvalue weighted by atomic mass is 10.2. The van der Waals surface area contributed by atoms with Crippen LogP contribution in [0.3, 0.4) is 0 Å². The number of nitrogens with zero attached hydrogens (tertiary/aromatic N) is 8. The average Bonchev–Trinajstić information content (AvgIpc) is 3.20. The molecule has 0 saturated carbocycles. The lowest BCUT2D eigenvalue weighted by Crippen LogP contribution is -2.13. The van der Waals surface area contributed by atoms with Crippen LogP contribution in [0.4, 0.5) is 11.5 Å². The molecule has 0 amide bonds. The van der Waals surface area contributed by atoms with E-state index in [1.807, 2.05) is 79.5 Å². The number of hydrogen-bond acceptors (Lipinski definition) is 8. The molecule has 0 saturated heterocycles. The molecule has 0 bridgehead atoms. The van der Waals surface area contributed by atoms with Gasteiger partial charge >= 0.3 is 0 Å². The van der Waals surface area contributed by atoms with E-state index in [1.54, 1.807) is 16.8 Å². The van der Waals surface area contributed by atoms with Gasteiger partial charge in [-0.05, 0) is 50.0 Å². The quantitative estimate of drug-likeness (QED) is 0.370. The molecule has 0 N–H and O–H groups in total. The molecule has 5 aromatic rings. The Morgan fingerprint density at radius 1 is 0.970 bits per heavy atom. The summed E-state index contributed by atoms with van der Waals surface area (Å²) in [6, 6.07) is 15.6. The average molecular weight is 461 g/mol. The second-order valence-corrected chi connectivity index (χ2v) is 8.14. The number of aromatic nitrogens is 6. The lowest BCUT2D eigenvalue weighted by Gasteiger charge is -2.21. The fourth-order valence-corrected chi connectivity index (χ4v) is 3.81. The van der Waals surface area contributed by atoms with Crippen LogP contribution in [0.15, 0.2) is 60.9 Å². The molecule has 33 heavy (non-hydrogen) atoms. The second-order valence-electron chi connectivity index (χ2n) is 7.80. The highest BCUT2D eigenvalue weighted by Crippen LogP contribution is 2.33. The normalized spacial score (nSPS) is 11.4. The van der Waals surface area contributed by atoms with Crippen molar-refractivity contribution in [3.8, 4) is 11.6 Å². The predicted octanol–water partition coefficient (Wildman–Crippen LogP) is 4.34. The monoisotopic (exact) mass is 460 g/mol. The first-order valence-corrected chi connectivity index (χ1v) is 10.6. The van der Waals surface area contributed by atoms with Gasteiger partial charge in [-0.3, -0.25) is 4.98 Å². The third-order valence-electron chi connectivity index (χ3n) is 5.10. The molecule has 10 heteroatoms. The molecule has 0 fully saturated rings. The van der Waals surface area contributed by atoms with Crippen LogP contribution in [0, 0.1) is 0 Å². The lowest BCUT2D eigenvalue weighted by molar-refractivity contribution is 0.393. The molecule has 9 nitrogen and oxygen atoms in total. The maximum atomic E-state index is 6.24. The highest BCUT2D eigenvalue weighted by atomic mass is 35.5. The summed E-state index contributed by atoms with van der Waals surface area (Å²) in [6.07, 6.45) is 3.35. The largest absolute Gasteiger partial charge is 0.437 e. The van der Waals surface area contributed by atoms with Crippen LogP contribution >= 0.6 is 11.6 Å². The van der Waals surface area contributed by atoms with Crippen molar-refractivity contribution in [1.82, 2.24) is 34.4 Å². The molecule has 0 unspecified atom stereocenters. The van der Waals surface area contributed by atoms with Gasteiger partial charge in [0.15, 0.2) is 0 Å². The fraction of sp³-hybridized carbons (Fsp3) is 0.174. The van der Waals surface area contributed by atoms with Gasteiger partial charge in [-0.15, -0.1) is 10.2 Å². The summed E-state index contributed by atoms with van der Waals surface area (Å²) >= 11 is 6.24. The van der Waals surface area contributed by atoms with Crippen molar-refractivity contribution in [3.05, 3.63) is 71.9 Å². The zero-order valence-electron chi connectivity index (χ0n) is 18.3. The van der Waals surface area contributed by atoms with E-state index in [9.17, 15) is 0 Å². The summed E-state index contributed by atoms with van der Waals surface area (Å²) in [5, 5.41) is 9.26. The van der Waals surface area contributed by atoms with Gasteiger partial charge < -0.3 is 14.5 Å². The topological polar surface area (TPSA) is 84.6 Å². The molecule has 0 spiro atoms. The van der Waals surface area contributed by atoms with Crippen LogP contribution in [0.5, 0.6) is 11.6 Å². The summed E-state index contributed by atoms with van der Waals surface area (Å²) in [5.74, 6) is 2.23. The van der Waals surface area contributed by atoms with Crippen molar-refractivity contribution in [3.63, 3.8) is 0 Å². The Labute approximate surface area is 195 Å². The van der Waals surface area contributed by atoms with Crippen molar-refractivity contribution < 1.29 is 4.74 Å². The third-order valence-corrected chi connectivity index (χ3v) is 5.35. The molecule has 3 heterocycles. The van der Waals surface area contributed by atoms with Crippen LogP contribution < -0.4 is 9.64 Å². The predicted molar refractivity (Wildman–Crippen MR) is 127 cm³/mol. The first-order chi connectivity index (χ1) is 16.0. The molecular formula is C23H21ClN8O. The Balaban J connectivity index is 1.47. The van der Waals surface area contributed by atoms with Crippen molar-refractivity contribution in [2.45, 2.75) is 6.54 Å². The summed E-state index contributed by atoms with van der Waals surface area (Å²) in [7, 11) is 5.92. The fourth-order valence-electron chi connectivity index (χ4n) is 3.61. The van der Waals surface area contributed by atoms with E-state index in [0.717, 1.165) is 34.6 Å². The van der Waals surface area contributed by atoms with E-state index in [0.29, 0.717) is 17.4 Å². The van der Waals surface area contributed by atoms with Gasteiger partial charge in [-0.2, -0.15) is 4.98 Å². The number of ether oxygens (including phenoxy) is 1. The van der Waals surface area contributed by atoms with Gasteiger partial charge in [0.05, 0.1) is 23.6 Å². The van der Waals surface area contributed by atoms with Crippen LogP contribution in [-0.4, -0.2) is 55.6 Å². The van der Waals surface area contributed by atoms with E-state index in [1.165, 1.54) is 0 Å². The number of fused-ring (bicyclic) bond motifs is 3. The third kappa shape index (κ3) is 4.15. The summed E-state index contributed by atoms with van der Waals surface area (Å²) < 4.78 is 7.68. The van der Waals surface area contributed by atoms with Gasteiger partial charge in [-0.1, -0.05) is 18.2 Å². The van der Waals surface area contributed by atoms with Crippen molar-refractivity contribution >= 4 is 39.8 Å². The number of hydrogen-bond donors (Lipinski definition) is 0. The maximum absolute atomic E-state index is 6.24. The van der Waals surface area contributed by atoms with Gasteiger partial charge in [0.2, 0.25) is 11.2 Å². The Morgan fingerprint density at radius 3 is 2.61 bits per heavy atom. The van der Waals surface area contributed by atoms with Gasteiger partial charge in [-0.25, -0.2) is 9.38 Å². The first kappa shape index (κ1) is 21.0. The van der Waals surface area contributed by atoms with Crippen molar-refractivity contribution in [1.29, 1.82) is 0 Å². The van der Waals surface area contributed by atoms with Crippen LogP contribution in [0.1, 0.15) is 5.69 Å². The molecule has 3 aromatic heterocycles. The Hall–Kier alpha value is -3.82. The van der Waals surface area contributed by atoms with E-state index in [2.05, 4.69) is 20.2 Å². The molecule has 0 radical (unpaired) electrons. The van der Waals surface area contributed by atoms with Gasteiger partial charge in [0.1, 0.15) is 11.6 Å². The highest BCUT2D eigenvalue weighted by Gasteiger charge is 2.17. The number of rotatable bonds is 6. The first-order valence-electron chi connectivity index (χ1n) is 10.3. The molecule has 2 aromatic carbocycles. The van der Waals surface area contributed by atoms with E-state index in [4.69, 9.17) is 21.3 Å². The van der Waals surface area contributed by atoms with E-state index < -0.39 is 0 Å². The molecule has 0 aliphatic rings. The maximum Gasteiger partial charge on any atom is 0.258 e. The molecule has 0 atom stereocenters. The number of anilines is 2. The summed E-state index contributed by atoms with van der Waals surface area (Å²) in [4.78, 5) is 17.5. The van der Waals surface area contributed by atoms with Gasteiger partial charge in [0.25, 0.3) is 5.78 Å². The Bertz CT molecular complexity index is 1430. The standard InChI is InChI=1S/C23H21ClN8O/c1-30(2)14-15-12-26-20(13-25-15)33-17-8-6-7-16(11-17)31(3)21-18-9-4-5-10-19(18)32-22(24)28-29-23(32)27-21/h4-13H,14H2,1-3H3. The SMILES string of the molecule is CN(C)Cc1cnc(Oc2cccc(N(C)c3nc4nnc(Cl)n4c4ccccc34)c2)cn1. The smallest absolute Gasteiger partial charge is 0.258 e. The molecule has 5 rings (SSSR count). The minimum atomic E-state index is 0.274. The zero-order chi connectivity index (χ0) is 22.9. The summed E-state index contributed by atoms with van der Waals surface area (Å²) in [5.41, 5.74) is 2.64. The summed E-state index contributed by atoms with van der Waals surface area (Å²) in [6.45, 7) is 0.718. The molecule has 0 aliphatic carbocycles. The highest BCUT2D eigenvalue weighted by molar-refractivity contribution is 6.29. The van der Waals surface area contributed by atoms with E-state index >= 15 is 0 Å². The van der Waals surface area contributed by atoms with Crippen LogP contribution in [0.25, 0.3) is 16.7 Å². The molecule has 0 aliphatic heterocycles. The van der Waals surface area contributed by atoms with Crippen LogP contribution in [-0.2, 0) is 6.54 Å². The molecular weight excluding hydrogens is 440 g/mol. The number of para-hydroxylation sites is 1. The van der Waals surface area contributed by atoms with Crippen molar-refractivity contribution in [2.24, 2.45) is 0 Å². The Morgan fingerprint density at radius 2 is 1.82 bits per heavy atom. The zero-order valence-corrected chi connectivity index (χ0v) is 19.1. The second kappa shape index (κ2) is 8.61. The minimum absolute atomic E-state index is 0.274. The number of benzene rings is 2. The number of halogens is 1.